The fourth-order valence-electron chi connectivity index (χ4n) is 4.30. The van der Waals surface area contributed by atoms with Crippen LogP contribution in [0.5, 0.6) is 5.88 Å². The van der Waals surface area contributed by atoms with Crippen LogP contribution in [0.3, 0.4) is 0 Å². The molecule has 190 valence electrons. The summed E-state index contributed by atoms with van der Waals surface area (Å²) in [5.74, 6) is -3.58. The predicted molar refractivity (Wildman–Crippen MR) is 122 cm³/mol. The lowest BCUT2D eigenvalue weighted by Crippen LogP contribution is -2.38. The van der Waals surface area contributed by atoms with Crippen molar-refractivity contribution in [3.8, 4) is 17.0 Å². The van der Waals surface area contributed by atoms with Crippen LogP contribution in [0.2, 0.25) is 0 Å². The summed E-state index contributed by atoms with van der Waals surface area (Å²) < 4.78 is 63.6. The van der Waals surface area contributed by atoms with E-state index in [0.717, 1.165) is 4.90 Å². The van der Waals surface area contributed by atoms with Gasteiger partial charge in [-0.1, -0.05) is 11.3 Å². The summed E-state index contributed by atoms with van der Waals surface area (Å²) in [6.45, 7) is -1.51. The number of hydrogen-bond acceptors (Lipinski definition) is 7. The van der Waals surface area contributed by atoms with Gasteiger partial charge in [0.2, 0.25) is 17.7 Å². The first-order valence-electron chi connectivity index (χ1n) is 11.1. The number of nitrogens with one attached hydrogen (secondary N) is 1. The van der Waals surface area contributed by atoms with Crippen LogP contribution in [0.4, 0.5) is 23.5 Å². The Kier molecular flexibility index (Phi) is 5.88. The van der Waals surface area contributed by atoms with Gasteiger partial charge in [-0.15, -0.1) is 10.2 Å². The highest BCUT2D eigenvalue weighted by molar-refractivity contribution is 5.89. The highest BCUT2D eigenvalue weighted by Crippen LogP contribution is 2.34. The minimum atomic E-state index is -3.16. The number of likely N-dealkylation sites (tertiary alicyclic amines) is 1. The van der Waals surface area contributed by atoms with Crippen molar-refractivity contribution in [2.45, 2.75) is 24.9 Å². The van der Waals surface area contributed by atoms with Gasteiger partial charge in [-0.3, -0.25) is 4.79 Å². The summed E-state index contributed by atoms with van der Waals surface area (Å²) in [6, 6.07) is 4.41. The van der Waals surface area contributed by atoms with Gasteiger partial charge in [0.25, 0.3) is 5.92 Å². The normalized spacial score (nSPS) is 17.4. The first-order valence-corrected chi connectivity index (χ1v) is 11.1. The van der Waals surface area contributed by atoms with E-state index in [0.29, 0.717) is 27.7 Å². The third kappa shape index (κ3) is 3.95. The molecular weight excluding hydrogens is 484 g/mol. The highest BCUT2D eigenvalue weighted by atomic mass is 19.3. The number of alkyl halides is 4. The topological polar surface area (TPSA) is 102 Å². The Morgan fingerprint density at radius 1 is 1.28 bits per heavy atom. The average Bonchev–Trinajstić information content (AvgIpc) is 3.55. The van der Waals surface area contributed by atoms with Crippen molar-refractivity contribution in [3.63, 3.8) is 0 Å². The van der Waals surface area contributed by atoms with Gasteiger partial charge in [0.1, 0.15) is 36.5 Å². The number of anilines is 1. The Hall–Kier alpha value is -3.97. The molecule has 0 aliphatic carbocycles. The molecule has 1 saturated heterocycles. The maximum atomic E-state index is 14.5. The number of methoxy groups -OCH3 is 1. The predicted octanol–water partition coefficient (Wildman–Crippen LogP) is 2.91. The molecule has 1 aromatic carbocycles. The van der Waals surface area contributed by atoms with Crippen LogP contribution in [0.25, 0.3) is 27.7 Å². The van der Waals surface area contributed by atoms with E-state index >= 15 is 0 Å². The van der Waals surface area contributed by atoms with Crippen LogP contribution in [-0.4, -0.2) is 85.9 Å². The molecule has 36 heavy (non-hydrogen) atoms. The molecule has 0 unspecified atom stereocenters. The molecule has 5 rings (SSSR count). The monoisotopic (exact) mass is 506 g/mol. The minimum absolute atomic E-state index is 0.0944. The third-order valence-electron chi connectivity index (χ3n) is 6.22. The zero-order chi connectivity index (χ0) is 25.6. The summed E-state index contributed by atoms with van der Waals surface area (Å²) in [4.78, 5) is 16.9. The summed E-state index contributed by atoms with van der Waals surface area (Å²) in [6.07, 6.45) is 1.61. The largest absolute Gasteiger partial charge is 0.479 e. The molecule has 4 heterocycles. The molecule has 10 nitrogen and oxygen atoms in total. The molecule has 1 N–H and O–H groups in total. The van der Waals surface area contributed by atoms with Crippen LogP contribution in [0.15, 0.2) is 30.5 Å². The maximum absolute atomic E-state index is 14.5. The van der Waals surface area contributed by atoms with Crippen molar-refractivity contribution in [1.82, 2.24) is 34.5 Å². The summed E-state index contributed by atoms with van der Waals surface area (Å²) in [5.41, 5.74) is 2.67. The summed E-state index contributed by atoms with van der Waals surface area (Å²) in [5, 5.41) is 14.8. The molecule has 3 aromatic heterocycles. The standard InChI is InChI=1S/C22H22F4N8O2/c1-12(35)32-10-18(22(25,26)11-32)27-21-28-20(36-2)19-15(5-6-33(19)30-21)13-3-4-16-17(7-13)34(31-29-16)14(8-23)9-24/h3-7,14,18H,8-11H2,1-2H3,(H,27,30)/t18-/m1/s1. The Labute approximate surface area is 201 Å². The van der Waals surface area contributed by atoms with E-state index in [1.807, 2.05) is 0 Å². The molecule has 1 amide bonds. The van der Waals surface area contributed by atoms with E-state index in [9.17, 15) is 22.4 Å². The van der Waals surface area contributed by atoms with Gasteiger partial charge >= 0.3 is 0 Å². The van der Waals surface area contributed by atoms with Gasteiger partial charge in [0, 0.05) is 25.2 Å². The second kappa shape index (κ2) is 8.91. The van der Waals surface area contributed by atoms with Crippen LogP contribution >= 0.6 is 0 Å². The molecular formula is C22H22F4N8O2. The number of fused-ring (bicyclic) bond motifs is 2. The molecule has 1 atom stereocenters. The van der Waals surface area contributed by atoms with Crippen molar-refractivity contribution in [3.05, 3.63) is 30.5 Å². The number of benzene rings is 1. The molecule has 4 aromatic rings. The molecule has 1 fully saturated rings. The second-order valence-electron chi connectivity index (χ2n) is 8.52. The van der Waals surface area contributed by atoms with Crippen LogP contribution in [0, 0.1) is 0 Å². The van der Waals surface area contributed by atoms with Gasteiger partial charge in [0.05, 0.1) is 19.2 Å². The summed E-state index contributed by atoms with van der Waals surface area (Å²) in [7, 11) is 1.39. The molecule has 0 bridgehead atoms. The summed E-state index contributed by atoms with van der Waals surface area (Å²) >= 11 is 0. The number of hydrogen-bond donors (Lipinski definition) is 1. The van der Waals surface area contributed by atoms with Crippen LogP contribution in [-0.2, 0) is 4.79 Å². The maximum Gasteiger partial charge on any atom is 0.286 e. The first kappa shape index (κ1) is 23.8. The van der Waals surface area contributed by atoms with E-state index in [4.69, 9.17) is 4.74 Å². The van der Waals surface area contributed by atoms with Crippen LogP contribution in [0.1, 0.15) is 13.0 Å². The highest BCUT2D eigenvalue weighted by Gasteiger charge is 2.49. The number of halogens is 4. The quantitative estimate of drug-likeness (QED) is 0.385. The number of amides is 1. The van der Waals surface area contributed by atoms with Crippen molar-refractivity contribution in [1.29, 1.82) is 0 Å². The number of rotatable bonds is 7. The number of carbonyl (C=O) groups excluding carboxylic acids is 1. The minimum Gasteiger partial charge on any atom is -0.479 e. The Morgan fingerprint density at radius 2 is 2.06 bits per heavy atom. The molecule has 0 spiro atoms. The number of ether oxygens (including phenoxy) is 1. The zero-order valence-corrected chi connectivity index (χ0v) is 19.3. The van der Waals surface area contributed by atoms with Crippen molar-refractivity contribution in [2.24, 2.45) is 0 Å². The van der Waals surface area contributed by atoms with Gasteiger partial charge in [0.15, 0.2) is 0 Å². The molecule has 1 aliphatic rings. The molecule has 0 saturated carbocycles. The Bertz CT molecular complexity index is 1430. The smallest absolute Gasteiger partial charge is 0.286 e. The fraction of sp³-hybridized carbons (Fsp3) is 0.409. The molecule has 0 radical (unpaired) electrons. The van der Waals surface area contributed by atoms with Crippen molar-refractivity contribution in [2.75, 3.05) is 38.9 Å². The van der Waals surface area contributed by atoms with Gasteiger partial charge in [-0.2, -0.15) is 4.98 Å². The Balaban J connectivity index is 1.52. The van der Waals surface area contributed by atoms with Gasteiger partial charge in [-0.25, -0.2) is 26.8 Å². The van der Waals surface area contributed by atoms with Gasteiger partial charge in [-0.05, 0) is 23.8 Å². The van der Waals surface area contributed by atoms with E-state index in [1.165, 1.54) is 23.2 Å². The van der Waals surface area contributed by atoms with Crippen molar-refractivity contribution < 1.29 is 27.1 Å². The first-order chi connectivity index (χ1) is 17.2. The van der Waals surface area contributed by atoms with E-state index in [2.05, 4.69) is 25.7 Å². The number of nitrogens with zero attached hydrogens (tertiary/aromatic N) is 7. The lowest BCUT2D eigenvalue weighted by molar-refractivity contribution is -0.129. The number of carbonyl (C=O) groups is 1. The molecule has 1 aliphatic heterocycles. The van der Waals surface area contributed by atoms with E-state index < -0.39 is 43.8 Å². The van der Waals surface area contributed by atoms with E-state index in [-0.39, 0.29) is 18.4 Å². The third-order valence-corrected chi connectivity index (χ3v) is 6.22. The average molecular weight is 506 g/mol. The lowest BCUT2D eigenvalue weighted by atomic mass is 10.1. The molecule has 14 heteroatoms. The van der Waals surface area contributed by atoms with Crippen molar-refractivity contribution >= 4 is 28.4 Å². The SMILES string of the molecule is COc1nc(N[C@@H]2CN(C(C)=O)CC2(F)F)nn2ccc(-c3ccc4nnn(C(CF)CF)c4c3)c12. The fourth-order valence-corrected chi connectivity index (χ4v) is 4.30. The van der Waals surface area contributed by atoms with Crippen LogP contribution < -0.4 is 10.1 Å². The lowest BCUT2D eigenvalue weighted by Gasteiger charge is -2.19. The van der Waals surface area contributed by atoms with Gasteiger partial charge < -0.3 is 15.0 Å². The number of aromatic nitrogens is 6. The van der Waals surface area contributed by atoms with E-state index in [1.54, 1.807) is 30.5 Å². The Morgan fingerprint density at radius 3 is 2.72 bits per heavy atom. The zero-order valence-electron chi connectivity index (χ0n) is 19.3. The second-order valence-corrected chi connectivity index (χ2v) is 8.52.